The maximum Gasteiger partial charge on any atom is 0.163 e. The Balaban J connectivity index is 3.16. The van der Waals surface area contributed by atoms with Crippen molar-refractivity contribution in [3.63, 3.8) is 0 Å². The minimum Gasteiger partial charge on any atom is -0.493 e. The normalized spacial score (nSPS) is 14.2. The molecule has 0 heterocycles. The van der Waals surface area contributed by atoms with Gasteiger partial charge in [-0.3, -0.25) is 0 Å². The molecule has 0 aromatic heterocycles. The number of methoxy groups -OCH3 is 2. The fraction of sp³-hybridized carbons (Fsp3) is 0.538. The van der Waals surface area contributed by atoms with Gasteiger partial charge in [-0.05, 0) is 23.5 Å². The largest absolute Gasteiger partial charge is 0.493 e. The molecular formula is C13H18BrFO2. The third-order valence-electron chi connectivity index (χ3n) is 3.09. The molecule has 2 nitrogen and oxygen atoms in total. The summed E-state index contributed by atoms with van der Waals surface area (Å²) in [4.78, 5) is 0. The number of hydrogen-bond donors (Lipinski definition) is 0. The fourth-order valence-electron chi connectivity index (χ4n) is 1.66. The molecule has 0 saturated heterocycles. The highest BCUT2D eigenvalue weighted by atomic mass is 79.9. The average molecular weight is 305 g/mol. The smallest absolute Gasteiger partial charge is 0.163 e. The molecule has 0 spiro atoms. The number of hydrogen-bond acceptors (Lipinski definition) is 2. The maximum absolute atomic E-state index is 13.9. The Morgan fingerprint density at radius 3 is 2.18 bits per heavy atom. The van der Waals surface area contributed by atoms with Crippen molar-refractivity contribution in [3.8, 4) is 11.5 Å². The Labute approximate surface area is 110 Å². The van der Waals surface area contributed by atoms with Crippen LogP contribution in [0.4, 0.5) is 4.39 Å². The van der Waals surface area contributed by atoms with Gasteiger partial charge in [0, 0.05) is 11.4 Å². The second-order valence-corrected chi connectivity index (χ2v) is 4.80. The third-order valence-corrected chi connectivity index (χ3v) is 4.11. The van der Waals surface area contributed by atoms with E-state index in [2.05, 4.69) is 22.9 Å². The van der Waals surface area contributed by atoms with E-state index >= 15 is 0 Å². The van der Waals surface area contributed by atoms with Gasteiger partial charge in [0.1, 0.15) is 5.82 Å². The van der Waals surface area contributed by atoms with E-state index in [9.17, 15) is 4.39 Å². The van der Waals surface area contributed by atoms with Gasteiger partial charge >= 0.3 is 0 Å². The molecule has 1 aromatic rings. The minimum atomic E-state index is -0.247. The predicted molar refractivity (Wildman–Crippen MR) is 70.9 cm³/mol. The Hall–Kier alpha value is -0.770. The van der Waals surface area contributed by atoms with Crippen LogP contribution in [0.25, 0.3) is 0 Å². The van der Waals surface area contributed by atoms with Gasteiger partial charge in [0.2, 0.25) is 0 Å². The first-order chi connectivity index (χ1) is 8.04. The Morgan fingerprint density at radius 2 is 1.71 bits per heavy atom. The maximum atomic E-state index is 13.9. The standard InChI is InChI=1S/C13H18BrFO2/c1-8(7-14)9(2)10-5-12(16-3)13(17-4)6-11(10)15/h5-6,8-9H,7H2,1-4H3. The lowest BCUT2D eigenvalue weighted by Gasteiger charge is -2.20. The third kappa shape index (κ3) is 3.12. The van der Waals surface area contributed by atoms with E-state index in [-0.39, 0.29) is 11.7 Å². The van der Waals surface area contributed by atoms with Crippen molar-refractivity contribution in [2.24, 2.45) is 5.92 Å². The summed E-state index contributed by atoms with van der Waals surface area (Å²) >= 11 is 3.42. The second-order valence-electron chi connectivity index (χ2n) is 4.15. The molecule has 0 saturated carbocycles. The van der Waals surface area contributed by atoms with Gasteiger partial charge in [-0.25, -0.2) is 4.39 Å². The van der Waals surface area contributed by atoms with Crippen LogP contribution in [0.15, 0.2) is 12.1 Å². The number of halogens is 2. The van der Waals surface area contributed by atoms with Gasteiger partial charge in [-0.15, -0.1) is 0 Å². The molecule has 0 radical (unpaired) electrons. The number of alkyl halides is 1. The molecule has 0 aliphatic rings. The van der Waals surface area contributed by atoms with Gasteiger partial charge in [0.05, 0.1) is 14.2 Å². The van der Waals surface area contributed by atoms with E-state index in [1.807, 2.05) is 6.92 Å². The molecule has 0 fully saturated rings. The predicted octanol–water partition coefficient (Wildman–Crippen LogP) is 3.98. The van der Waals surface area contributed by atoms with Crippen molar-refractivity contribution < 1.29 is 13.9 Å². The zero-order chi connectivity index (χ0) is 13.0. The average Bonchev–Trinajstić information content (AvgIpc) is 2.36. The van der Waals surface area contributed by atoms with Gasteiger partial charge < -0.3 is 9.47 Å². The first-order valence-corrected chi connectivity index (χ1v) is 6.64. The topological polar surface area (TPSA) is 18.5 Å². The Bertz CT molecular complexity index is 382. The van der Waals surface area contributed by atoms with Gasteiger partial charge in [-0.1, -0.05) is 29.8 Å². The highest BCUT2D eigenvalue weighted by molar-refractivity contribution is 9.09. The van der Waals surface area contributed by atoms with E-state index in [0.29, 0.717) is 23.0 Å². The van der Waals surface area contributed by atoms with Crippen LogP contribution in [0, 0.1) is 11.7 Å². The lowest BCUT2D eigenvalue weighted by atomic mass is 9.89. The fourth-order valence-corrected chi connectivity index (χ4v) is 2.22. The highest BCUT2D eigenvalue weighted by Gasteiger charge is 2.20. The summed E-state index contributed by atoms with van der Waals surface area (Å²) in [6.07, 6.45) is 0. The quantitative estimate of drug-likeness (QED) is 0.766. The van der Waals surface area contributed by atoms with E-state index < -0.39 is 0 Å². The van der Waals surface area contributed by atoms with E-state index in [1.165, 1.54) is 13.2 Å². The van der Waals surface area contributed by atoms with Crippen LogP contribution < -0.4 is 9.47 Å². The Kier molecular flexibility index (Phi) is 5.25. The zero-order valence-electron chi connectivity index (χ0n) is 10.6. The summed E-state index contributed by atoms with van der Waals surface area (Å²) < 4.78 is 24.2. The second kappa shape index (κ2) is 6.24. The van der Waals surface area contributed by atoms with Crippen LogP contribution in [0.5, 0.6) is 11.5 Å². The number of rotatable bonds is 5. The van der Waals surface area contributed by atoms with Gasteiger partial charge in [0.15, 0.2) is 11.5 Å². The molecule has 0 aliphatic heterocycles. The summed E-state index contributed by atoms with van der Waals surface area (Å²) in [6, 6.07) is 3.10. The SMILES string of the molecule is COc1cc(F)c(C(C)C(C)CBr)cc1OC. The van der Waals surface area contributed by atoms with Gasteiger partial charge in [-0.2, -0.15) is 0 Å². The molecule has 0 bridgehead atoms. The molecule has 96 valence electrons. The molecule has 0 aliphatic carbocycles. The molecule has 1 rings (SSSR count). The van der Waals surface area contributed by atoms with Crippen LogP contribution in [0.2, 0.25) is 0 Å². The first-order valence-electron chi connectivity index (χ1n) is 5.52. The van der Waals surface area contributed by atoms with Crippen molar-refractivity contribution >= 4 is 15.9 Å². The molecule has 1 aromatic carbocycles. The van der Waals surface area contributed by atoms with Crippen molar-refractivity contribution in [2.75, 3.05) is 19.5 Å². The van der Waals surface area contributed by atoms with E-state index in [1.54, 1.807) is 13.2 Å². The summed E-state index contributed by atoms with van der Waals surface area (Å²) in [5.41, 5.74) is 0.662. The summed E-state index contributed by atoms with van der Waals surface area (Å²) in [5.74, 6) is 1.21. The molecule has 2 atom stereocenters. The monoisotopic (exact) mass is 304 g/mol. The van der Waals surface area contributed by atoms with Crippen LogP contribution in [-0.2, 0) is 0 Å². The molecule has 17 heavy (non-hydrogen) atoms. The van der Waals surface area contributed by atoms with Crippen molar-refractivity contribution in [2.45, 2.75) is 19.8 Å². The lowest BCUT2D eigenvalue weighted by Crippen LogP contribution is -2.10. The zero-order valence-corrected chi connectivity index (χ0v) is 12.2. The minimum absolute atomic E-state index is 0.120. The van der Waals surface area contributed by atoms with E-state index in [4.69, 9.17) is 9.47 Å². The lowest BCUT2D eigenvalue weighted by molar-refractivity contribution is 0.350. The number of benzene rings is 1. The first kappa shape index (κ1) is 14.3. The van der Waals surface area contributed by atoms with Crippen molar-refractivity contribution in [1.82, 2.24) is 0 Å². The molecule has 4 heteroatoms. The van der Waals surface area contributed by atoms with Crippen LogP contribution in [-0.4, -0.2) is 19.5 Å². The number of ether oxygens (including phenoxy) is 2. The summed E-state index contributed by atoms with van der Waals surface area (Å²) in [5, 5.41) is 0.835. The highest BCUT2D eigenvalue weighted by Crippen LogP contribution is 2.35. The van der Waals surface area contributed by atoms with Gasteiger partial charge in [0.25, 0.3) is 0 Å². The molecular weight excluding hydrogens is 287 g/mol. The van der Waals surface area contributed by atoms with Crippen molar-refractivity contribution in [3.05, 3.63) is 23.5 Å². The summed E-state index contributed by atoms with van der Waals surface area (Å²) in [7, 11) is 3.06. The van der Waals surface area contributed by atoms with Crippen LogP contribution >= 0.6 is 15.9 Å². The van der Waals surface area contributed by atoms with Crippen LogP contribution in [0.1, 0.15) is 25.3 Å². The van der Waals surface area contributed by atoms with E-state index in [0.717, 1.165) is 5.33 Å². The molecule has 0 N–H and O–H groups in total. The summed E-state index contributed by atoms with van der Waals surface area (Å²) in [6.45, 7) is 4.09. The molecule has 2 unspecified atom stereocenters. The van der Waals surface area contributed by atoms with Crippen LogP contribution in [0.3, 0.4) is 0 Å². The van der Waals surface area contributed by atoms with Crippen molar-refractivity contribution in [1.29, 1.82) is 0 Å². The molecule has 0 amide bonds. The Morgan fingerprint density at radius 1 is 1.18 bits per heavy atom.